The molecule has 0 unspecified atom stereocenters. The highest BCUT2D eigenvalue weighted by Gasteiger charge is 2.23. The molecule has 1 saturated heterocycles. The quantitative estimate of drug-likeness (QED) is 0.584. The first-order valence-corrected chi connectivity index (χ1v) is 5.73. The molecule has 1 aliphatic heterocycles. The molecule has 0 bridgehead atoms. The van der Waals surface area contributed by atoms with E-state index in [2.05, 4.69) is 6.58 Å². The zero-order valence-corrected chi connectivity index (χ0v) is 10.7. The van der Waals surface area contributed by atoms with Crippen molar-refractivity contribution in [1.82, 2.24) is 15.2 Å². The fourth-order valence-electron chi connectivity index (χ4n) is 1.23. The third-order valence-electron chi connectivity index (χ3n) is 1.80. The zero-order chi connectivity index (χ0) is 13.8. The van der Waals surface area contributed by atoms with Crippen LogP contribution < -0.4 is 0 Å². The normalized spacial score (nSPS) is 18.2. The minimum Gasteiger partial charge on any atom is -0.516 e. The summed E-state index contributed by atoms with van der Waals surface area (Å²) in [5, 5.41) is 29.5. The average molecular weight is 265 g/mol. The van der Waals surface area contributed by atoms with Gasteiger partial charge in [0, 0.05) is 0 Å². The molecule has 0 saturated carbocycles. The summed E-state index contributed by atoms with van der Waals surface area (Å²) in [6.07, 6.45) is 1.67. The number of nitrogens with zero attached hydrogens (tertiary/aromatic N) is 3. The fourth-order valence-corrected chi connectivity index (χ4v) is 1.23. The maximum Gasteiger partial charge on any atom is 0.103 e. The van der Waals surface area contributed by atoms with Gasteiger partial charge in [-0.1, -0.05) is 13.5 Å². The van der Waals surface area contributed by atoms with Gasteiger partial charge < -0.3 is 15.4 Å². The highest BCUT2D eigenvalue weighted by molar-refractivity contribution is 4.50. The summed E-state index contributed by atoms with van der Waals surface area (Å²) in [5.41, 5.74) is 0. The molecule has 0 radical (unpaired) electrons. The molecule has 0 aromatic carbocycles. The summed E-state index contributed by atoms with van der Waals surface area (Å²) in [6.45, 7) is 6.79. The van der Waals surface area contributed by atoms with E-state index in [1.807, 2.05) is 6.92 Å². The molecule has 0 atom stereocenters. The van der Waals surface area contributed by atoms with Crippen LogP contribution in [0.2, 0.25) is 0 Å². The largest absolute Gasteiger partial charge is 0.516 e. The molecule has 108 valence electrons. The van der Waals surface area contributed by atoms with E-state index in [-0.39, 0.29) is 19.9 Å². The lowest BCUT2D eigenvalue weighted by atomic mass is 10.5. The van der Waals surface area contributed by atoms with Crippen molar-refractivity contribution in [3.8, 4) is 0 Å². The molecule has 18 heavy (non-hydrogen) atoms. The molecule has 0 aliphatic carbocycles. The van der Waals surface area contributed by atoms with Crippen LogP contribution in [0.1, 0.15) is 13.3 Å². The summed E-state index contributed by atoms with van der Waals surface area (Å²) in [4.78, 5) is 10.5. The van der Waals surface area contributed by atoms with Crippen LogP contribution in [-0.2, 0) is 9.68 Å². The first kappa shape index (κ1) is 17.3. The van der Waals surface area contributed by atoms with Gasteiger partial charge >= 0.3 is 0 Å². The maximum absolute atomic E-state index is 9.38. The Balaban J connectivity index is 0.000000873. The first-order valence-electron chi connectivity index (χ1n) is 5.73. The smallest absolute Gasteiger partial charge is 0.103 e. The van der Waals surface area contributed by atoms with E-state index in [1.165, 1.54) is 5.06 Å². The topological polar surface area (TPSA) is 88.9 Å². The van der Waals surface area contributed by atoms with Gasteiger partial charge in [0.05, 0.1) is 26.1 Å². The Morgan fingerprint density at radius 3 is 2.11 bits per heavy atom. The lowest BCUT2D eigenvalue weighted by molar-refractivity contribution is -0.355. The Hall–Kier alpha value is -0.740. The molecule has 1 heterocycles. The van der Waals surface area contributed by atoms with Crippen LogP contribution in [-0.4, -0.2) is 70.4 Å². The third kappa shape index (κ3) is 8.37. The van der Waals surface area contributed by atoms with Crippen molar-refractivity contribution in [2.75, 3.05) is 39.8 Å². The molecular formula is C10H23N3O5. The molecule has 1 aliphatic rings. The number of aliphatic hydroxyl groups excluding tert-OH is 2. The monoisotopic (exact) mass is 265 g/mol. The molecular weight excluding hydrogens is 242 g/mol. The van der Waals surface area contributed by atoms with E-state index in [1.54, 1.807) is 5.06 Å². The predicted molar refractivity (Wildman–Crippen MR) is 64.0 cm³/mol. The number of hydrogen-bond acceptors (Lipinski definition) is 8. The van der Waals surface area contributed by atoms with Crippen LogP contribution >= 0.6 is 0 Å². The Morgan fingerprint density at radius 1 is 1.17 bits per heavy atom. The minimum absolute atomic E-state index is 0.0439. The lowest BCUT2D eigenvalue weighted by Crippen LogP contribution is -2.53. The van der Waals surface area contributed by atoms with E-state index < -0.39 is 0 Å². The van der Waals surface area contributed by atoms with Crippen molar-refractivity contribution >= 4 is 0 Å². The maximum atomic E-state index is 9.38. The SMILES string of the molecule is C=CO.CCCON1CN(O)CN(OCCO)C1. The second-order valence-electron chi connectivity index (χ2n) is 3.47. The number of hydrogen-bond donors (Lipinski definition) is 3. The van der Waals surface area contributed by atoms with E-state index in [9.17, 15) is 5.21 Å². The highest BCUT2D eigenvalue weighted by Crippen LogP contribution is 2.06. The number of hydroxylamine groups is 6. The van der Waals surface area contributed by atoms with Gasteiger partial charge in [-0.15, -0.1) is 0 Å². The Labute approximate surface area is 107 Å². The van der Waals surface area contributed by atoms with Crippen molar-refractivity contribution in [1.29, 1.82) is 0 Å². The number of rotatable bonds is 6. The molecule has 3 N–H and O–H groups in total. The van der Waals surface area contributed by atoms with Gasteiger partial charge in [0.2, 0.25) is 0 Å². The molecule has 1 rings (SSSR count). The van der Waals surface area contributed by atoms with Gasteiger partial charge in [0.1, 0.15) is 20.0 Å². The number of aliphatic hydroxyl groups is 2. The van der Waals surface area contributed by atoms with E-state index in [0.29, 0.717) is 19.9 Å². The van der Waals surface area contributed by atoms with Crippen LogP contribution in [0.15, 0.2) is 12.8 Å². The third-order valence-corrected chi connectivity index (χ3v) is 1.80. The van der Waals surface area contributed by atoms with Crippen molar-refractivity contribution < 1.29 is 25.1 Å². The summed E-state index contributed by atoms with van der Waals surface area (Å²) in [5.74, 6) is 0. The van der Waals surface area contributed by atoms with Crippen molar-refractivity contribution in [2.24, 2.45) is 0 Å². The van der Waals surface area contributed by atoms with Crippen molar-refractivity contribution in [3.05, 3.63) is 12.8 Å². The summed E-state index contributed by atoms with van der Waals surface area (Å²) < 4.78 is 0. The fraction of sp³-hybridized carbons (Fsp3) is 0.800. The molecule has 0 spiro atoms. The molecule has 0 aromatic heterocycles. The van der Waals surface area contributed by atoms with Crippen molar-refractivity contribution in [3.63, 3.8) is 0 Å². The van der Waals surface area contributed by atoms with Crippen LogP contribution in [0.25, 0.3) is 0 Å². The summed E-state index contributed by atoms with van der Waals surface area (Å²) >= 11 is 0. The van der Waals surface area contributed by atoms with Gasteiger partial charge in [0.15, 0.2) is 0 Å². The van der Waals surface area contributed by atoms with Gasteiger partial charge in [-0.3, -0.25) is 9.68 Å². The molecule has 1 fully saturated rings. The van der Waals surface area contributed by atoms with E-state index in [0.717, 1.165) is 17.7 Å². The first-order chi connectivity index (χ1) is 8.67. The summed E-state index contributed by atoms with van der Waals surface area (Å²) in [6, 6.07) is 0. The van der Waals surface area contributed by atoms with Crippen molar-refractivity contribution in [2.45, 2.75) is 13.3 Å². The van der Waals surface area contributed by atoms with Crippen LogP contribution in [0, 0.1) is 0 Å². The standard InChI is InChI=1S/C8H19N3O4.C2H4O/c1-2-4-14-10-6-9(13)7-11(8-10)15-5-3-12;1-2-3/h12-13H,2-8H2,1H3;2-3H,1H2. The molecule has 0 aromatic rings. The Morgan fingerprint density at radius 2 is 1.67 bits per heavy atom. The van der Waals surface area contributed by atoms with Gasteiger partial charge in [-0.25, -0.2) is 0 Å². The molecule has 0 amide bonds. The Bertz CT molecular complexity index is 192. The lowest BCUT2D eigenvalue weighted by Gasteiger charge is -2.37. The van der Waals surface area contributed by atoms with E-state index >= 15 is 0 Å². The van der Waals surface area contributed by atoms with Crippen LogP contribution in [0.5, 0.6) is 0 Å². The zero-order valence-electron chi connectivity index (χ0n) is 10.7. The van der Waals surface area contributed by atoms with Gasteiger partial charge in [-0.05, 0) is 6.42 Å². The second kappa shape index (κ2) is 11.4. The van der Waals surface area contributed by atoms with Crippen LogP contribution in [0.3, 0.4) is 0 Å². The average Bonchev–Trinajstić information content (AvgIpc) is 2.34. The highest BCUT2D eigenvalue weighted by atomic mass is 16.7. The molecule has 8 nitrogen and oxygen atoms in total. The van der Waals surface area contributed by atoms with E-state index in [4.69, 9.17) is 19.9 Å². The Kier molecular flexibility index (Phi) is 10.9. The van der Waals surface area contributed by atoms with Gasteiger partial charge in [0.25, 0.3) is 0 Å². The van der Waals surface area contributed by atoms with Gasteiger partial charge in [-0.2, -0.15) is 15.2 Å². The molecule has 8 heteroatoms. The second-order valence-corrected chi connectivity index (χ2v) is 3.47. The minimum atomic E-state index is -0.0439. The van der Waals surface area contributed by atoms with Crippen LogP contribution in [0.4, 0.5) is 0 Å². The summed E-state index contributed by atoms with van der Waals surface area (Å²) in [7, 11) is 0. The predicted octanol–water partition coefficient (Wildman–Crippen LogP) is 0.121.